The molecular formula is C34H30N2O3S3. The Morgan fingerprint density at radius 3 is 2.33 bits per heavy atom. The van der Waals surface area contributed by atoms with Gasteiger partial charge in [-0.15, -0.1) is 4.57 Å². The smallest absolute Gasteiger partial charge is 0.251 e. The molecule has 1 aromatic heterocycles. The Kier molecular flexibility index (Phi) is 8.14. The van der Waals surface area contributed by atoms with Crippen LogP contribution < -0.4 is 9.47 Å². The van der Waals surface area contributed by atoms with Gasteiger partial charge in [-0.3, -0.25) is 0 Å². The van der Waals surface area contributed by atoms with Crippen LogP contribution in [0.2, 0.25) is 0 Å². The molecule has 212 valence electrons. The highest BCUT2D eigenvalue weighted by atomic mass is 32.2. The van der Waals surface area contributed by atoms with Gasteiger partial charge < -0.3 is 9.45 Å². The van der Waals surface area contributed by atoms with E-state index in [4.69, 9.17) is 0 Å². The van der Waals surface area contributed by atoms with Crippen LogP contribution in [0.1, 0.15) is 23.1 Å². The molecule has 0 radical (unpaired) electrons. The average molecular weight is 611 g/mol. The second kappa shape index (κ2) is 12.0. The summed E-state index contributed by atoms with van der Waals surface area (Å²) in [7, 11) is -4.28. The van der Waals surface area contributed by atoms with E-state index >= 15 is 0 Å². The molecule has 0 amide bonds. The molecule has 0 saturated carbocycles. The van der Waals surface area contributed by atoms with Crippen molar-refractivity contribution in [1.82, 2.24) is 0 Å². The van der Waals surface area contributed by atoms with Crippen molar-refractivity contribution in [3.05, 3.63) is 125 Å². The zero-order chi connectivity index (χ0) is 29.3. The zero-order valence-electron chi connectivity index (χ0n) is 23.4. The highest BCUT2D eigenvalue weighted by Gasteiger charge is 2.27. The van der Waals surface area contributed by atoms with Crippen LogP contribution in [0.25, 0.3) is 22.7 Å². The van der Waals surface area contributed by atoms with Crippen LogP contribution in [0.5, 0.6) is 0 Å². The van der Waals surface area contributed by atoms with Gasteiger partial charge in [0.2, 0.25) is 11.2 Å². The van der Waals surface area contributed by atoms with E-state index in [1.165, 1.54) is 16.0 Å². The van der Waals surface area contributed by atoms with Crippen LogP contribution in [0, 0.1) is 13.8 Å². The lowest BCUT2D eigenvalue weighted by Crippen LogP contribution is -2.34. The monoisotopic (exact) mass is 610 g/mol. The fourth-order valence-corrected chi connectivity index (χ4v) is 8.22. The summed E-state index contributed by atoms with van der Waals surface area (Å²) in [5.74, 6) is -0.383. The predicted molar refractivity (Wildman–Crippen MR) is 172 cm³/mol. The zero-order valence-corrected chi connectivity index (χ0v) is 25.8. The van der Waals surface area contributed by atoms with Crippen LogP contribution in [0.15, 0.2) is 123 Å². The number of hydrogen-bond acceptors (Lipinski definition) is 6. The Balaban J connectivity index is 1.51. The maximum absolute atomic E-state index is 11.3. The van der Waals surface area contributed by atoms with Crippen molar-refractivity contribution in [2.45, 2.75) is 35.1 Å². The van der Waals surface area contributed by atoms with Crippen molar-refractivity contribution in [2.75, 3.05) is 17.2 Å². The molecule has 1 aliphatic rings. The van der Waals surface area contributed by atoms with Gasteiger partial charge in [-0.2, -0.15) is 0 Å². The number of thioether (sulfide) groups is 1. The molecule has 6 rings (SSSR count). The van der Waals surface area contributed by atoms with Gasteiger partial charge in [0.15, 0.2) is 0 Å². The fraction of sp³-hybridized carbons (Fsp3) is 0.147. The van der Waals surface area contributed by atoms with Gasteiger partial charge in [0.05, 0.1) is 26.2 Å². The largest absolute Gasteiger partial charge is 0.748 e. The van der Waals surface area contributed by atoms with Crippen molar-refractivity contribution in [1.29, 1.82) is 0 Å². The van der Waals surface area contributed by atoms with Crippen LogP contribution in [0.3, 0.4) is 0 Å². The predicted octanol–water partition coefficient (Wildman–Crippen LogP) is 7.73. The first-order chi connectivity index (χ1) is 20.2. The first kappa shape index (κ1) is 28.6. The van der Waals surface area contributed by atoms with Gasteiger partial charge in [0, 0.05) is 46.4 Å². The SMILES string of the molecule is Cc1cc(C)cc(Sc2cc(C=C3Sc4ccccc4N3CCCS(=O)(=O)[O-])c3ccccc3[n+]2-c2ccccc2)c1. The Hall–Kier alpha value is -3.56. The summed E-state index contributed by atoms with van der Waals surface area (Å²) in [5.41, 5.74) is 6.73. The van der Waals surface area contributed by atoms with Gasteiger partial charge in [-0.25, -0.2) is 8.42 Å². The maximum Gasteiger partial charge on any atom is 0.251 e. The summed E-state index contributed by atoms with van der Waals surface area (Å²) in [6.45, 7) is 4.69. The minimum Gasteiger partial charge on any atom is -0.748 e. The van der Waals surface area contributed by atoms with E-state index in [0.717, 1.165) is 42.8 Å². The summed E-state index contributed by atoms with van der Waals surface area (Å²) >= 11 is 3.41. The molecule has 0 N–H and O–H groups in total. The van der Waals surface area contributed by atoms with E-state index in [1.807, 2.05) is 24.3 Å². The fourth-order valence-electron chi connectivity index (χ4n) is 5.38. The number of benzene rings is 4. The highest BCUT2D eigenvalue weighted by molar-refractivity contribution is 8.04. The topological polar surface area (TPSA) is 64.3 Å². The normalized spacial score (nSPS) is 14.1. The van der Waals surface area contributed by atoms with Gasteiger partial charge in [0.1, 0.15) is 0 Å². The Morgan fingerprint density at radius 2 is 1.57 bits per heavy atom. The number of aromatic nitrogens is 1. The molecule has 8 heteroatoms. The van der Waals surface area contributed by atoms with Gasteiger partial charge in [-0.1, -0.05) is 60.3 Å². The molecule has 0 saturated heterocycles. The van der Waals surface area contributed by atoms with Crippen molar-refractivity contribution < 1.29 is 17.5 Å². The van der Waals surface area contributed by atoms with Gasteiger partial charge in [0.25, 0.3) is 5.03 Å². The number of aryl methyl sites for hydroxylation is 2. The average Bonchev–Trinajstić information content (AvgIpc) is 3.29. The molecule has 0 fully saturated rings. The molecule has 2 heterocycles. The molecule has 0 unspecified atom stereocenters. The van der Waals surface area contributed by atoms with Gasteiger partial charge >= 0.3 is 0 Å². The van der Waals surface area contributed by atoms with E-state index in [-0.39, 0.29) is 12.2 Å². The first-order valence-corrected chi connectivity index (χ1v) is 17.0. The lowest BCUT2D eigenvalue weighted by atomic mass is 10.1. The summed E-state index contributed by atoms with van der Waals surface area (Å²) in [6, 6.07) is 35.8. The van der Waals surface area contributed by atoms with Crippen molar-refractivity contribution in [3.63, 3.8) is 0 Å². The number of fused-ring (bicyclic) bond motifs is 2. The minimum absolute atomic E-state index is 0.259. The van der Waals surface area contributed by atoms with E-state index in [9.17, 15) is 13.0 Å². The van der Waals surface area contributed by atoms with Gasteiger partial charge in [-0.05, 0) is 85.1 Å². The van der Waals surface area contributed by atoms with Crippen molar-refractivity contribution >= 4 is 56.3 Å². The minimum atomic E-state index is -4.28. The second-order valence-corrected chi connectivity index (χ2v) is 14.1. The summed E-state index contributed by atoms with van der Waals surface area (Å²) in [6.07, 6.45) is 2.45. The quantitative estimate of drug-likeness (QED) is 0.132. The lowest BCUT2D eigenvalue weighted by molar-refractivity contribution is -0.608. The Labute approximate surface area is 255 Å². The van der Waals surface area contributed by atoms with Crippen LogP contribution in [0.4, 0.5) is 5.69 Å². The molecule has 0 bridgehead atoms. The van der Waals surface area contributed by atoms with Crippen molar-refractivity contribution in [2.24, 2.45) is 0 Å². The molecule has 5 aromatic rings. The molecule has 0 atom stereocenters. The van der Waals surface area contributed by atoms with Crippen LogP contribution >= 0.6 is 23.5 Å². The van der Waals surface area contributed by atoms with Crippen LogP contribution in [-0.2, 0) is 10.1 Å². The first-order valence-electron chi connectivity index (χ1n) is 13.7. The van der Waals surface area contributed by atoms with E-state index in [2.05, 4.69) is 108 Å². The number of pyridine rings is 1. The highest BCUT2D eigenvalue weighted by Crippen LogP contribution is 2.47. The molecule has 1 aliphatic heterocycles. The number of nitrogens with zero attached hydrogens (tertiary/aromatic N) is 2. The molecule has 0 aliphatic carbocycles. The Morgan fingerprint density at radius 1 is 0.881 bits per heavy atom. The van der Waals surface area contributed by atoms with E-state index in [1.54, 1.807) is 23.5 Å². The number of rotatable bonds is 8. The molecule has 42 heavy (non-hydrogen) atoms. The number of hydrogen-bond donors (Lipinski definition) is 0. The number of para-hydroxylation sites is 3. The molecule has 4 aromatic carbocycles. The molecule has 5 nitrogen and oxygen atoms in total. The molecule has 0 spiro atoms. The third kappa shape index (κ3) is 6.27. The Bertz CT molecular complexity index is 1900. The standard InChI is InChI=1S/C34H30N2O3S3/c1-24-19-25(2)21-28(20-24)40-34-23-26(29-13-6-7-14-30(29)36(34)27-11-4-3-5-12-27)22-33-35(17-10-18-42(37,38)39)31-15-8-9-16-32(31)41-33/h3-9,11-16,19-23H,10,17-18H2,1-2H3. The third-order valence-corrected chi connectivity index (χ3v) is 9.96. The lowest BCUT2D eigenvalue weighted by Gasteiger charge is -2.21. The summed E-state index contributed by atoms with van der Waals surface area (Å²) in [5, 5.41) is 3.20. The summed E-state index contributed by atoms with van der Waals surface area (Å²) in [4.78, 5) is 4.42. The van der Waals surface area contributed by atoms with Crippen molar-refractivity contribution in [3.8, 4) is 5.69 Å². The second-order valence-electron chi connectivity index (χ2n) is 10.4. The number of anilines is 1. The molecular weight excluding hydrogens is 581 g/mol. The van der Waals surface area contributed by atoms with Crippen LogP contribution in [-0.4, -0.2) is 25.3 Å². The third-order valence-electron chi connectivity index (χ3n) is 7.08. The summed E-state index contributed by atoms with van der Waals surface area (Å²) < 4.78 is 36.4. The van der Waals surface area contributed by atoms with E-state index in [0.29, 0.717) is 6.54 Å². The maximum atomic E-state index is 11.3. The van der Waals surface area contributed by atoms with E-state index < -0.39 is 10.1 Å².